The molecule has 0 amide bonds. The highest BCUT2D eigenvalue weighted by atomic mass is 127. The Morgan fingerprint density at radius 2 is 2.03 bits per heavy atom. The molecule has 3 rings (SSSR count). The third-order valence-corrected chi connectivity index (χ3v) is 5.75. The van der Waals surface area contributed by atoms with Gasteiger partial charge in [0.15, 0.2) is 5.96 Å². The number of aromatic nitrogens is 3. The van der Waals surface area contributed by atoms with Crippen LogP contribution in [0.25, 0.3) is 0 Å². The van der Waals surface area contributed by atoms with Gasteiger partial charge in [-0.25, -0.2) is 0 Å². The quantitative estimate of drug-likeness (QED) is 0.286. The molecule has 2 N–H and O–H groups in total. The number of benzene rings is 1. The maximum Gasteiger partial charge on any atom is 0.191 e. The largest absolute Gasteiger partial charge is 0.373 e. The lowest BCUT2D eigenvalue weighted by molar-refractivity contribution is -0.0971. The van der Waals surface area contributed by atoms with Crippen molar-refractivity contribution in [3.63, 3.8) is 0 Å². The van der Waals surface area contributed by atoms with Crippen molar-refractivity contribution < 1.29 is 4.74 Å². The summed E-state index contributed by atoms with van der Waals surface area (Å²) in [7, 11) is 1.79. The molecule has 1 aromatic carbocycles. The van der Waals surface area contributed by atoms with E-state index in [9.17, 15) is 0 Å². The zero-order valence-electron chi connectivity index (χ0n) is 19.3. The Morgan fingerprint density at radius 1 is 1.28 bits per heavy atom. The SMILES string of the molecule is CCc1nncn1CCNC(=NC)NCC(c1ccc(Cl)cc1)N1CCOC(C)(C)C1.I. The van der Waals surface area contributed by atoms with Crippen LogP contribution < -0.4 is 10.6 Å². The van der Waals surface area contributed by atoms with Crippen LogP contribution in [0, 0.1) is 0 Å². The van der Waals surface area contributed by atoms with Crippen molar-refractivity contribution >= 4 is 41.5 Å². The second-order valence-electron chi connectivity index (χ2n) is 8.32. The zero-order valence-corrected chi connectivity index (χ0v) is 22.4. The van der Waals surface area contributed by atoms with E-state index in [1.54, 1.807) is 13.4 Å². The standard InChI is InChI=1S/C22H34ClN7O.HI/c1-5-20-28-27-16-30(20)11-10-25-21(24-4)26-14-19(17-6-8-18(23)9-7-17)29-12-13-31-22(2,3)15-29;/h6-9,16,19H,5,10-15H2,1-4H3,(H2,24,25,26);1H. The smallest absolute Gasteiger partial charge is 0.191 e. The van der Waals surface area contributed by atoms with E-state index in [4.69, 9.17) is 16.3 Å². The van der Waals surface area contributed by atoms with Crippen LogP contribution in [0.3, 0.4) is 0 Å². The number of hydrogen-bond acceptors (Lipinski definition) is 5. The maximum atomic E-state index is 6.13. The Bertz CT molecular complexity index is 856. The molecule has 2 aromatic rings. The lowest BCUT2D eigenvalue weighted by Crippen LogP contribution is -2.52. The molecule has 0 aliphatic carbocycles. The maximum absolute atomic E-state index is 6.13. The van der Waals surface area contributed by atoms with Crippen molar-refractivity contribution in [2.45, 2.75) is 45.4 Å². The van der Waals surface area contributed by atoms with E-state index < -0.39 is 0 Å². The van der Waals surface area contributed by atoms with E-state index in [1.807, 2.05) is 12.1 Å². The minimum Gasteiger partial charge on any atom is -0.373 e. The first kappa shape index (κ1) is 26.8. The molecule has 8 nitrogen and oxygen atoms in total. The normalized spacial score (nSPS) is 17.5. The Kier molecular flexibility index (Phi) is 10.7. The van der Waals surface area contributed by atoms with E-state index in [1.165, 1.54) is 5.56 Å². The van der Waals surface area contributed by atoms with Gasteiger partial charge in [-0.05, 0) is 31.5 Å². The van der Waals surface area contributed by atoms with Crippen LogP contribution in [0.1, 0.15) is 38.2 Å². The second kappa shape index (κ2) is 12.7. The number of ether oxygens (including phenoxy) is 1. The molecule has 1 fully saturated rings. The van der Waals surface area contributed by atoms with Crippen molar-refractivity contribution in [3.8, 4) is 0 Å². The molecule has 2 heterocycles. The van der Waals surface area contributed by atoms with Crippen molar-refractivity contribution in [1.29, 1.82) is 0 Å². The molecule has 1 aromatic heterocycles. The Balaban J connectivity index is 0.00000363. The van der Waals surface area contributed by atoms with Crippen molar-refractivity contribution in [2.24, 2.45) is 4.99 Å². The third-order valence-electron chi connectivity index (χ3n) is 5.49. The second-order valence-corrected chi connectivity index (χ2v) is 8.76. The number of halogens is 2. The summed E-state index contributed by atoms with van der Waals surface area (Å²) >= 11 is 6.13. The zero-order chi connectivity index (χ0) is 22.3. The lowest BCUT2D eigenvalue weighted by Gasteiger charge is -2.42. The number of aryl methyl sites for hydroxylation is 1. The van der Waals surface area contributed by atoms with Gasteiger partial charge in [-0.1, -0.05) is 30.7 Å². The van der Waals surface area contributed by atoms with E-state index >= 15 is 0 Å². The minimum atomic E-state index is -0.168. The molecular weight excluding hydrogens is 541 g/mol. The van der Waals surface area contributed by atoms with E-state index in [2.05, 4.69) is 68.2 Å². The average molecular weight is 576 g/mol. The molecule has 0 bridgehead atoms. The molecule has 10 heteroatoms. The summed E-state index contributed by atoms with van der Waals surface area (Å²) in [6.45, 7) is 11.1. The average Bonchev–Trinajstić information content (AvgIpc) is 3.20. The predicted octanol–water partition coefficient (Wildman–Crippen LogP) is 3.13. The third kappa shape index (κ3) is 7.57. The molecule has 0 radical (unpaired) electrons. The van der Waals surface area contributed by atoms with E-state index in [0.29, 0.717) is 0 Å². The first-order chi connectivity index (χ1) is 14.9. The van der Waals surface area contributed by atoms with Crippen molar-refractivity contribution in [1.82, 2.24) is 30.3 Å². The number of nitrogens with zero attached hydrogens (tertiary/aromatic N) is 5. The first-order valence-corrected chi connectivity index (χ1v) is 11.2. The van der Waals surface area contributed by atoms with Gasteiger partial charge in [0.1, 0.15) is 12.2 Å². The summed E-state index contributed by atoms with van der Waals surface area (Å²) in [5.74, 6) is 1.76. The highest BCUT2D eigenvalue weighted by Crippen LogP contribution is 2.27. The van der Waals surface area contributed by atoms with Crippen LogP contribution in [0.2, 0.25) is 5.02 Å². The van der Waals surface area contributed by atoms with Crippen molar-refractivity contribution in [3.05, 3.63) is 47.0 Å². The van der Waals surface area contributed by atoms with Gasteiger partial charge in [-0.2, -0.15) is 0 Å². The molecule has 178 valence electrons. The lowest BCUT2D eigenvalue weighted by atomic mass is 10.0. The van der Waals surface area contributed by atoms with Crippen LogP contribution in [0.4, 0.5) is 0 Å². The predicted molar refractivity (Wildman–Crippen MR) is 140 cm³/mol. The van der Waals surface area contributed by atoms with Crippen LogP contribution in [0.5, 0.6) is 0 Å². The van der Waals surface area contributed by atoms with Crippen molar-refractivity contribution in [2.75, 3.05) is 39.8 Å². The number of guanidine groups is 1. The molecule has 1 saturated heterocycles. The van der Waals surface area contributed by atoms with Gasteiger partial charge in [-0.15, -0.1) is 34.2 Å². The van der Waals surface area contributed by atoms with Gasteiger partial charge in [-0.3, -0.25) is 9.89 Å². The highest BCUT2D eigenvalue weighted by Gasteiger charge is 2.32. The van der Waals surface area contributed by atoms with Gasteiger partial charge in [0.05, 0.1) is 18.2 Å². The number of nitrogens with one attached hydrogen (secondary N) is 2. The summed E-state index contributed by atoms with van der Waals surface area (Å²) in [4.78, 5) is 6.86. The Hall–Kier alpha value is -1.43. The fourth-order valence-corrected chi connectivity index (χ4v) is 4.04. The molecule has 0 spiro atoms. The number of aliphatic imine (C=N–C) groups is 1. The summed E-state index contributed by atoms with van der Waals surface area (Å²) in [5.41, 5.74) is 1.06. The van der Waals surface area contributed by atoms with Crippen LogP contribution in [-0.4, -0.2) is 71.1 Å². The van der Waals surface area contributed by atoms with Crippen LogP contribution in [-0.2, 0) is 17.7 Å². The molecule has 1 aliphatic rings. The van der Waals surface area contributed by atoms with E-state index in [0.717, 1.165) is 62.6 Å². The summed E-state index contributed by atoms with van der Waals surface area (Å²) in [6, 6.07) is 8.29. The van der Waals surface area contributed by atoms with Gasteiger partial charge < -0.3 is 19.9 Å². The first-order valence-electron chi connectivity index (χ1n) is 10.9. The highest BCUT2D eigenvalue weighted by molar-refractivity contribution is 14.0. The number of morpholine rings is 1. The molecule has 1 unspecified atom stereocenters. The fraction of sp³-hybridized carbons (Fsp3) is 0.591. The van der Waals surface area contributed by atoms with Crippen LogP contribution in [0.15, 0.2) is 35.6 Å². The van der Waals surface area contributed by atoms with Gasteiger partial charge in [0.2, 0.25) is 0 Å². The van der Waals surface area contributed by atoms with Gasteiger partial charge in [0, 0.05) is 51.2 Å². The molecule has 1 aliphatic heterocycles. The molecule has 32 heavy (non-hydrogen) atoms. The van der Waals surface area contributed by atoms with E-state index in [-0.39, 0.29) is 35.6 Å². The van der Waals surface area contributed by atoms with Gasteiger partial charge in [0.25, 0.3) is 0 Å². The minimum absolute atomic E-state index is 0. The monoisotopic (exact) mass is 575 g/mol. The summed E-state index contributed by atoms with van der Waals surface area (Å²) < 4.78 is 7.99. The topological polar surface area (TPSA) is 79.6 Å². The van der Waals surface area contributed by atoms with Gasteiger partial charge >= 0.3 is 0 Å². The Labute approximate surface area is 213 Å². The number of rotatable bonds is 8. The van der Waals surface area contributed by atoms with Crippen LogP contribution >= 0.6 is 35.6 Å². The molecule has 1 atom stereocenters. The fourth-order valence-electron chi connectivity index (χ4n) is 3.91. The molecular formula is C22H35ClIN7O. The summed E-state index contributed by atoms with van der Waals surface area (Å²) in [6.07, 6.45) is 2.64. The Morgan fingerprint density at radius 3 is 2.69 bits per heavy atom. The number of hydrogen-bond donors (Lipinski definition) is 2. The molecule has 0 saturated carbocycles. The summed E-state index contributed by atoms with van der Waals surface area (Å²) in [5, 5.41) is 15.8.